The third-order valence-corrected chi connectivity index (χ3v) is 3.06. The zero-order valence-corrected chi connectivity index (χ0v) is 15.7. The fourth-order valence-electron chi connectivity index (χ4n) is 1.62. The van der Waals surface area contributed by atoms with Crippen molar-refractivity contribution in [3.8, 4) is 0 Å². The van der Waals surface area contributed by atoms with Gasteiger partial charge in [0.05, 0.1) is 11.1 Å². The number of fused-ring (bicyclic) bond motifs is 1. The van der Waals surface area contributed by atoms with Crippen LogP contribution in [0.25, 0.3) is 0 Å². The number of hydrogen-bond acceptors (Lipinski definition) is 4. The molecule has 2 heterocycles. The Kier molecular flexibility index (Phi) is 10.0. The minimum Gasteiger partial charge on any atom is -0.265 e. The van der Waals surface area contributed by atoms with Crippen LogP contribution in [0.4, 0.5) is 0 Å². The second kappa shape index (κ2) is 11.4. The average Bonchev–Trinajstić information content (AvgIpc) is 2.70. The van der Waals surface area contributed by atoms with Crippen LogP contribution in [0.5, 0.6) is 0 Å². The predicted molar refractivity (Wildman–Crippen MR) is 95.9 cm³/mol. The zero-order chi connectivity index (χ0) is 20.3. The molecule has 138 valence electrons. The van der Waals surface area contributed by atoms with Gasteiger partial charge in [0, 0.05) is 11.1 Å². The first-order valence-electron chi connectivity index (χ1n) is 8.19. The maximum Gasteiger partial charge on any atom is 0.296 e. The number of amides is 4. The molecule has 0 unspecified atom stereocenters. The van der Waals surface area contributed by atoms with Crippen molar-refractivity contribution >= 4 is 23.6 Å². The van der Waals surface area contributed by atoms with Crippen LogP contribution in [0.1, 0.15) is 62.3 Å². The molecule has 2 aliphatic rings. The first kappa shape index (κ1) is 22.8. The molecule has 0 aliphatic carbocycles. The summed E-state index contributed by atoms with van der Waals surface area (Å²) in [7, 11) is 0. The van der Waals surface area contributed by atoms with Gasteiger partial charge in [-0.3, -0.25) is 19.2 Å². The van der Waals surface area contributed by atoms with E-state index in [0.717, 1.165) is 0 Å². The Morgan fingerprint density at radius 2 is 0.808 bits per heavy atom. The summed E-state index contributed by atoms with van der Waals surface area (Å²) in [5.74, 6) is -1.75. The standard InChI is InChI=1S/C8H4N2O2.C6H6N2O2.2C2H6/c11-7-5-3-1-2-4-6(5)8(12)10-9-7;1-3-4(2)6(10)8-7-5(3)9;2*1-2/h1-4H;1-2H3;2*1-2H3. The summed E-state index contributed by atoms with van der Waals surface area (Å²) in [6.07, 6.45) is 0. The maximum atomic E-state index is 11.0. The van der Waals surface area contributed by atoms with Crippen molar-refractivity contribution in [1.29, 1.82) is 0 Å². The van der Waals surface area contributed by atoms with Crippen molar-refractivity contribution in [2.75, 3.05) is 0 Å². The largest absolute Gasteiger partial charge is 0.296 e. The van der Waals surface area contributed by atoms with Gasteiger partial charge < -0.3 is 0 Å². The van der Waals surface area contributed by atoms with Crippen molar-refractivity contribution in [2.45, 2.75) is 41.5 Å². The van der Waals surface area contributed by atoms with Crippen LogP contribution in [0.15, 0.2) is 55.9 Å². The van der Waals surface area contributed by atoms with E-state index in [1.165, 1.54) is 0 Å². The summed E-state index contributed by atoms with van der Waals surface area (Å²) in [5, 5.41) is 12.6. The van der Waals surface area contributed by atoms with Crippen LogP contribution < -0.4 is 0 Å². The maximum absolute atomic E-state index is 11.0. The summed E-state index contributed by atoms with van der Waals surface area (Å²) in [4.78, 5) is 43.4. The van der Waals surface area contributed by atoms with Gasteiger partial charge in [0.2, 0.25) is 0 Å². The predicted octanol–water partition coefficient (Wildman–Crippen LogP) is 4.33. The van der Waals surface area contributed by atoms with Crippen LogP contribution in [-0.2, 0) is 9.59 Å². The highest BCUT2D eigenvalue weighted by Gasteiger charge is 2.20. The zero-order valence-electron chi connectivity index (χ0n) is 15.7. The smallest absolute Gasteiger partial charge is 0.265 e. The first-order valence-corrected chi connectivity index (χ1v) is 8.19. The van der Waals surface area contributed by atoms with Crippen LogP contribution in [0.3, 0.4) is 0 Å². The molecule has 0 bridgehead atoms. The molecule has 2 aliphatic heterocycles. The van der Waals surface area contributed by atoms with Gasteiger partial charge in [-0.05, 0) is 26.0 Å². The highest BCUT2D eigenvalue weighted by atomic mass is 16.2. The van der Waals surface area contributed by atoms with E-state index in [1.54, 1.807) is 38.1 Å². The average molecular weight is 358 g/mol. The van der Waals surface area contributed by atoms with E-state index < -0.39 is 23.6 Å². The Morgan fingerprint density at radius 1 is 0.538 bits per heavy atom. The third-order valence-electron chi connectivity index (χ3n) is 3.06. The van der Waals surface area contributed by atoms with E-state index in [4.69, 9.17) is 0 Å². The van der Waals surface area contributed by atoms with E-state index in [0.29, 0.717) is 22.3 Å². The summed E-state index contributed by atoms with van der Waals surface area (Å²) in [6, 6.07) is 6.50. The lowest BCUT2D eigenvalue weighted by molar-refractivity contribution is -0.120. The van der Waals surface area contributed by atoms with E-state index in [9.17, 15) is 19.2 Å². The second-order valence-corrected chi connectivity index (χ2v) is 4.42. The molecule has 0 N–H and O–H groups in total. The molecule has 26 heavy (non-hydrogen) atoms. The number of carbonyl (C=O) groups is 4. The van der Waals surface area contributed by atoms with Gasteiger partial charge in [-0.25, -0.2) is 0 Å². The van der Waals surface area contributed by atoms with Gasteiger partial charge in [0.25, 0.3) is 23.6 Å². The highest BCUT2D eigenvalue weighted by Crippen LogP contribution is 2.16. The molecule has 0 fully saturated rings. The molecule has 8 heteroatoms. The third kappa shape index (κ3) is 5.73. The topological polar surface area (TPSA) is 118 Å². The van der Waals surface area contributed by atoms with E-state index in [1.807, 2.05) is 27.7 Å². The Bertz CT molecular complexity index is 729. The SMILES string of the molecule is CC.CC.CC1=C(C)C(=O)N=NC1=O.O=C1N=NC(=O)c2ccccc21. The summed E-state index contributed by atoms with van der Waals surface area (Å²) in [5.41, 5.74) is 1.44. The van der Waals surface area contributed by atoms with Gasteiger partial charge >= 0.3 is 0 Å². The van der Waals surface area contributed by atoms with Gasteiger partial charge in [0.1, 0.15) is 0 Å². The van der Waals surface area contributed by atoms with Gasteiger partial charge in [-0.1, -0.05) is 39.8 Å². The number of rotatable bonds is 0. The van der Waals surface area contributed by atoms with Crippen molar-refractivity contribution in [3.63, 3.8) is 0 Å². The Balaban J connectivity index is 0.000000409. The van der Waals surface area contributed by atoms with Gasteiger partial charge in [-0.2, -0.15) is 0 Å². The lowest BCUT2D eigenvalue weighted by Crippen LogP contribution is -2.10. The molecule has 0 atom stereocenters. The molecule has 0 radical (unpaired) electrons. The van der Waals surface area contributed by atoms with Crippen molar-refractivity contribution < 1.29 is 19.2 Å². The molecular formula is C18H22N4O4. The second-order valence-electron chi connectivity index (χ2n) is 4.42. The molecule has 0 saturated carbocycles. The Morgan fingerprint density at radius 3 is 1.12 bits per heavy atom. The molecule has 3 rings (SSSR count). The lowest BCUT2D eigenvalue weighted by atomic mass is 10.1. The molecule has 0 saturated heterocycles. The monoisotopic (exact) mass is 358 g/mol. The highest BCUT2D eigenvalue weighted by molar-refractivity contribution is 6.10. The van der Waals surface area contributed by atoms with Crippen LogP contribution in [0, 0.1) is 0 Å². The minimum absolute atomic E-state index is 0.331. The molecule has 1 aromatic carbocycles. The summed E-state index contributed by atoms with van der Waals surface area (Å²) in [6.45, 7) is 11.1. The fraction of sp³-hybridized carbons (Fsp3) is 0.333. The number of azo groups is 2. The van der Waals surface area contributed by atoms with Gasteiger partial charge in [-0.15, -0.1) is 20.5 Å². The molecule has 8 nitrogen and oxygen atoms in total. The molecule has 4 amide bonds. The van der Waals surface area contributed by atoms with E-state index >= 15 is 0 Å². The Hall–Kier alpha value is -3.16. The number of hydrogen-bond donors (Lipinski definition) is 0. The number of nitrogens with zero attached hydrogens (tertiary/aromatic N) is 4. The quantitative estimate of drug-likeness (QED) is 0.686. The first-order chi connectivity index (χ1) is 12.4. The summed E-state index contributed by atoms with van der Waals surface area (Å²) >= 11 is 0. The van der Waals surface area contributed by atoms with Crippen molar-refractivity contribution in [3.05, 3.63) is 46.5 Å². The van der Waals surface area contributed by atoms with Crippen LogP contribution in [0.2, 0.25) is 0 Å². The minimum atomic E-state index is -0.454. The molecule has 0 aromatic heterocycles. The van der Waals surface area contributed by atoms with E-state index in [-0.39, 0.29) is 0 Å². The lowest BCUT2D eigenvalue weighted by Gasteiger charge is -2.04. The van der Waals surface area contributed by atoms with Crippen LogP contribution in [-0.4, -0.2) is 23.6 Å². The van der Waals surface area contributed by atoms with Crippen molar-refractivity contribution in [2.24, 2.45) is 20.5 Å². The van der Waals surface area contributed by atoms with Crippen LogP contribution >= 0.6 is 0 Å². The molecule has 0 spiro atoms. The molecular weight excluding hydrogens is 336 g/mol. The normalized spacial score (nSPS) is 14.4. The fourth-order valence-corrected chi connectivity index (χ4v) is 1.62. The summed E-state index contributed by atoms with van der Waals surface area (Å²) < 4.78 is 0. The number of carbonyl (C=O) groups excluding carboxylic acids is 4. The van der Waals surface area contributed by atoms with Crippen molar-refractivity contribution in [1.82, 2.24) is 0 Å². The number of benzene rings is 1. The van der Waals surface area contributed by atoms with Gasteiger partial charge in [0.15, 0.2) is 0 Å². The van der Waals surface area contributed by atoms with E-state index in [2.05, 4.69) is 20.5 Å². The Labute approximate surface area is 152 Å². The molecule has 1 aromatic rings.